The number of carbonyl (C=O) groups is 5. The summed E-state index contributed by atoms with van der Waals surface area (Å²) >= 11 is 0. The summed E-state index contributed by atoms with van der Waals surface area (Å²) in [7, 11) is 0. The molecule has 5 atom stereocenters. The Morgan fingerprint density at radius 3 is 2.50 bits per heavy atom. The number of rotatable bonds is 1. The zero-order chi connectivity index (χ0) is 22.0. The molecule has 2 fully saturated rings. The van der Waals surface area contributed by atoms with Crippen LogP contribution < -0.4 is 5.73 Å². The van der Waals surface area contributed by atoms with Crippen molar-refractivity contribution >= 4 is 29.0 Å². The highest BCUT2D eigenvalue weighted by Gasteiger charge is 2.66. The zero-order valence-corrected chi connectivity index (χ0v) is 16.1. The van der Waals surface area contributed by atoms with Gasteiger partial charge in [-0.15, -0.1) is 5.92 Å². The number of benzene rings is 1. The Bertz CT molecular complexity index is 1110. The minimum Gasteiger partial charge on any atom is -0.507 e. The average molecular weight is 409 g/mol. The second-order valence-corrected chi connectivity index (χ2v) is 8.10. The molecule has 30 heavy (non-hydrogen) atoms. The van der Waals surface area contributed by atoms with Gasteiger partial charge >= 0.3 is 0 Å². The van der Waals surface area contributed by atoms with Gasteiger partial charge in [0.1, 0.15) is 5.75 Å². The molecule has 3 aliphatic rings. The fourth-order valence-electron chi connectivity index (χ4n) is 5.22. The summed E-state index contributed by atoms with van der Waals surface area (Å²) in [5.41, 5.74) is 3.54. The average Bonchev–Trinajstić information content (AvgIpc) is 2.66. The van der Waals surface area contributed by atoms with Crippen LogP contribution in [0.1, 0.15) is 41.3 Å². The highest BCUT2D eigenvalue weighted by atomic mass is 16.3. The van der Waals surface area contributed by atoms with Crippen molar-refractivity contribution in [2.24, 2.45) is 29.4 Å². The first-order chi connectivity index (χ1) is 14.1. The van der Waals surface area contributed by atoms with Crippen molar-refractivity contribution in [2.75, 3.05) is 0 Å². The number of phenolic OH excluding ortho intramolecular Hbond substituents is 1. The number of hydrogen-bond donors (Lipinski definition) is 3. The number of aromatic hydroxyl groups is 1. The molecular formula is C22H19NO7. The first-order valence-electron chi connectivity index (χ1n) is 9.57. The van der Waals surface area contributed by atoms with Crippen molar-refractivity contribution in [3.63, 3.8) is 0 Å². The molecule has 0 aromatic heterocycles. The van der Waals surface area contributed by atoms with E-state index in [1.807, 2.05) is 0 Å². The number of phenols is 1. The Kier molecular flexibility index (Phi) is 4.40. The quantitative estimate of drug-likeness (QED) is 0.425. The number of fused-ring (bicyclic) bond motifs is 3. The standard InChI is InChI=1S/C22H19NO7/c1-2-3-9-4-5-13(24)16-12(9)7-10-6-11-8-14(25)17(21(23)29)20(28)22(11,30)19(27)15(10)18(16)26/h4-5,10-11,15,17,24,30H,6-8H2,1H3,(H2,23,29)/t10-,11+,15?,17?,22+/m1/s1. The maximum Gasteiger partial charge on any atom is 0.235 e. The lowest BCUT2D eigenvalue weighted by molar-refractivity contribution is -0.175. The third-order valence-electron chi connectivity index (χ3n) is 6.55. The van der Waals surface area contributed by atoms with E-state index in [9.17, 15) is 34.2 Å². The lowest BCUT2D eigenvalue weighted by atomic mass is 9.53. The van der Waals surface area contributed by atoms with E-state index in [0.29, 0.717) is 11.1 Å². The van der Waals surface area contributed by atoms with Gasteiger partial charge in [-0.05, 0) is 43.4 Å². The van der Waals surface area contributed by atoms with Crippen LogP contribution >= 0.6 is 0 Å². The van der Waals surface area contributed by atoms with E-state index < -0.39 is 58.3 Å². The first kappa shape index (κ1) is 20.0. The third-order valence-corrected chi connectivity index (χ3v) is 6.55. The van der Waals surface area contributed by atoms with Crippen LogP contribution in [-0.2, 0) is 25.6 Å². The van der Waals surface area contributed by atoms with Crippen LogP contribution in [0.25, 0.3) is 0 Å². The molecule has 0 aliphatic heterocycles. The van der Waals surface area contributed by atoms with Crippen molar-refractivity contribution in [3.05, 3.63) is 28.8 Å². The van der Waals surface area contributed by atoms with Gasteiger partial charge in [-0.1, -0.05) is 5.92 Å². The fraction of sp³-hybridized carbons (Fsp3) is 0.409. The van der Waals surface area contributed by atoms with Gasteiger partial charge in [-0.25, -0.2) is 0 Å². The molecule has 8 heteroatoms. The van der Waals surface area contributed by atoms with Crippen LogP contribution in [0.5, 0.6) is 5.75 Å². The molecule has 3 aliphatic carbocycles. The van der Waals surface area contributed by atoms with E-state index in [1.165, 1.54) is 6.07 Å². The second-order valence-electron chi connectivity index (χ2n) is 8.10. The van der Waals surface area contributed by atoms with Gasteiger partial charge in [0, 0.05) is 17.9 Å². The highest BCUT2D eigenvalue weighted by molar-refractivity contribution is 6.31. The normalized spacial score (nSPS) is 32.5. The van der Waals surface area contributed by atoms with Gasteiger partial charge in [-0.2, -0.15) is 0 Å². The van der Waals surface area contributed by atoms with Crippen molar-refractivity contribution in [3.8, 4) is 17.6 Å². The van der Waals surface area contributed by atoms with Crippen LogP contribution in [0.3, 0.4) is 0 Å². The minimum absolute atomic E-state index is 0.0438. The molecule has 8 nitrogen and oxygen atoms in total. The molecule has 2 saturated carbocycles. The van der Waals surface area contributed by atoms with Crippen LogP contribution in [0.2, 0.25) is 0 Å². The summed E-state index contributed by atoms with van der Waals surface area (Å²) in [6.07, 6.45) is -0.0622. The maximum atomic E-state index is 13.3. The maximum absolute atomic E-state index is 13.3. The van der Waals surface area contributed by atoms with E-state index in [4.69, 9.17) is 5.73 Å². The number of Topliss-reactive ketones (excluding diaryl/α,β-unsaturated/α-hetero) is 4. The van der Waals surface area contributed by atoms with E-state index in [1.54, 1.807) is 13.0 Å². The summed E-state index contributed by atoms with van der Waals surface area (Å²) in [5.74, 6) is -4.49. The molecular weight excluding hydrogens is 390 g/mol. The fourth-order valence-corrected chi connectivity index (χ4v) is 5.22. The predicted molar refractivity (Wildman–Crippen MR) is 101 cm³/mol. The smallest absolute Gasteiger partial charge is 0.235 e. The third kappa shape index (κ3) is 2.48. The highest BCUT2D eigenvalue weighted by Crippen LogP contribution is 2.50. The zero-order valence-electron chi connectivity index (χ0n) is 16.1. The summed E-state index contributed by atoms with van der Waals surface area (Å²) < 4.78 is 0. The predicted octanol–water partition coefficient (Wildman–Crippen LogP) is -0.302. The number of primary amides is 1. The number of aliphatic hydroxyl groups is 1. The number of amides is 1. The Balaban J connectivity index is 1.83. The molecule has 154 valence electrons. The molecule has 0 spiro atoms. The van der Waals surface area contributed by atoms with Crippen molar-refractivity contribution < 1.29 is 34.2 Å². The Labute approximate surface area is 171 Å². The van der Waals surface area contributed by atoms with Gasteiger partial charge in [-0.3, -0.25) is 24.0 Å². The Hall–Kier alpha value is -3.31. The van der Waals surface area contributed by atoms with E-state index in [2.05, 4.69) is 11.8 Å². The first-order valence-corrected chi connectivity index (χ1v) is 9.57. The van der Waals surface area contributed by atoms with Crippen LogP contribution in [0, 0.1) is 35.5 Å². The van der Waals surface area contributed by atoms with Crippen LogP contribution in [-0.4, -0.2) is 44.9 Å². The number of carbonyl (C=O) groups excluding carboxylic acids is 5. The van der Waals surface area contributed by atoms with Crippen LogP contribution in [0.4, 0.5) is 0 Å². The second kappa shape index (κ2) is 6.61. The largest absolute Gasteiger partial charge is 0.507 e. The molecule has 1 aromatic carbocycles. The SMILES string of the molecule is CC#Cc1ccc(O)c2c1C[C@H]1C[C@H]3CC(=O)C(C(N)=O)C(=O)[C@@]3(O)C(=O)C1C2=O. The van der Waals surface area contributed by atoms with E-state index >= 15 is 0 Å². The number of nitrogens with two attached hydrogens (primary N) is 1. The Morgan fingerprint density at radius 2 is 1.87 bits per heavy atom. The van der Waals surface area contributed by atoms with E-state index in [0.717, 1.165) is 0 Å². The van der Waals surface area contributed by atoms with Gasteiger partial charge in [0.05, 0.1) is 11.5 Å². The Morgan fingerprint density at radius 1 is 1.17 bits per heavy atom. The molecule has 1 amide bonds. The van der Waals surface area contributed by atoms with Crippen molar-refractivity contribution in [1.29, 1.82) is 0 Å². The number of hydrogen-bond acceptors (Lipinski definition) is 7. The van der Waals surface area contributed by atoms with E-state index in [-0.39, 0.29) is 30.6 Å². The van der Waals surface area contributed by atoms with Crippen molar-refractivity contribution in [2.45, 2.75) is 31.8 Å². The van der Waals surface area contributed by atoms with Crippen molar-refractivity contribution in [1.82, 2.24) is 0 Å². The van der Waals surface area contributed by atoms with Gasteiger partial charge in [0.2, 0.25) is 5.91 Å². The molecule has 1 aromatic rings. The lowest BCUT2D eigenvalue weighted by Gasteiger charge is -2.48. The van der Waals surface area contributed by atoms with Gasteiger partial charge in [0.25, 0.3) is 0 Å². The molecule has 4 N–H and O–H groups in total. The summed E-state index contributed by atoms with van der Waals surface area (Å²) in [6, 6.07) is 2.90. The summed E-state index contributed by atoms with van der Waals surface area (Å²) in [5, 5.41) is 21.4. The summed E-state index contributed by atoms with van der Waals surface area (Å²) in [4.78, 5) is 63.2. The van der Waals surface area contributed by atoms with Gasteiger partial charge < -0.3 is 15.9 Å². The minimum atomic E-state index is -2.63. The lowest BCUT2D eigenvalue weighted by Crippen LogP contribution is -2.68. The molecule has 4 rings (SSSR count). The topological polar surface area (TPSA) is 152 Å². The molecule has 2 unspecified atom stereocenters. The molecule has 0 radical (unpaired) electrons. The molecule has 0 bridgehead atoms. The summed E-state index contributed by atoms with van der Waals surface area (Å²) in [6.45, 7) is 1.63. The monoisotopic (exact) mass is 409 g/mol. The van der Waals surface area contributed by atoms with Crippen LogP contribution in [0.15, 0.2) is 12.1 Å². The molecule has 0 saturated heterocycles. The molecule has 0 heterocycles. The number of ketones is 4. The van der Waals surface area contributed by atoms with Gasteiger partial charge in [0.15, 0.2) is 34.7 Å².